The fraction of sp³-hybridized carbons (Fsp3) is 0.467. The smallest absolute Gasteiger partial charge is 0.244 e. The first kappa shape index (κ1) is 13.1. The molecule has 2 unspecified atom stereocenters. The highest BCUT2D eigenvalue weighted by Crippen LogP contribution is 2.30. The van der Waals surface area contributed by atoms with Crippen molar-refractivity contribution in [2.75, 3.05) is 23.3 Å². The first-order chi connectivity index (χ1) is 9.66. The van der Waals surface area contributed by atoms with Crippen LogP contribution in [0.3, 0.4) is 0 Å². The number of piperidine rings is 1. The summed E-state index contributed by atoms with van der Waals surface area (Å²) in [5.41, 5.74) is 1.50. The maximum absolute atomic E-state index is 12.8. The maximum atomic E-state index is 12.8. The number of amides is 2. The van der Waals surface area contributed by atoms with Crippen molar-refractivity contribution in [1.82, 2.24) is 5.32 Å². The lowest BCUT2D eigenvalue weighted by Gasteiger charge is -2.36. The summed E-state index contributed by atoms with van der Waals surface area (Å²) in [5, 5.41) is 6.09. The van der Waals surface area contributed by atoms with Gasteiger partial charge in [-0.2, -0.15) is 0 Å². The summed E-state index contributed by atoms with van der Waals surface area (Å²) in [4.78, 5) is 26.1. The van der Waals surface area contributed by atoms with Gasteiger partial charge in [-0.25, -0.2) is 0 Å². The molecule has 3 rings (SSSR count). The SMILES string of the molecule is CC1CCCNC1C(=O)N1CC(=O)Nc2ccccc21. The van der Waals surface area contributed by atoms with E-state index in [-0.39, 0.29) is 24.4 Å². The minimum atomic E-state index is -0.192. The zero-order valence-electron chi connectivity index (χ0n) is 11.6. The van der Waals surface area contributed by atoms with Crippen LogP contribution < -0.4 is 15.5 Å². The maximum Gasteiger partial charge on any atom is 0.244 e. The Kier molecular flexibility index (Phi) is 3.44. The fourth-order valence-corrected chi connectivity index (χ4v) is 2.98. The highest BCUT2D eigenvalue weighted by Gasteiger charge is 2.35. The predicted octanol–water partition coefficient (Wildman–Crippen LogP) is 1.36. The molecule has 0 spiro atoms. The van der Waals surface area contributed by atoms with Crippen LogP contribution in [0.25, 0.3) is 0 Å². The van der Waals surface area contributed by atoms with Crippen LogP contribution in [-0.2, 0) is 9.59 Å². The van der Waals surface area contributed by atoms with Crippen molar-refractivity contribution < 1.29 is 9.59 Å². The molecule has 0 radical (unpaired) electrons. The van der Waals surface area contributed by atoms with Gasteiger partial charge in [-0.05, 0) is 37.4 Å². The van der Waals surface area contributed by atoms with Crippen molar-refractivity contribution in [3.05, 3.63) is 24.3 Å². The molecule has 20 heavy (non-hydrogen) atoms. The molecular formula is C15H19N3O2. The zero-order valence-corrected chi connectivity index (χ0v) is 11.6. The molecule has 2 amide bonds. The van der Waals surface area contributed by atoms with Gasteiger partial charge in [-0.1, -0.05) is 19.1 Å². The van der Waals surface area contributed by atoms with Crippen molar-refractivity contribution in [3.8, 4) is 0 Å². The molecule has 2 aliphatic rings. The van der Waals surface area contributed by atoms with E-state index in [2.05, 4.69) is 17.6 Å². The van der Waals surface area contributed by atoms with Crippen LogP contribution in [0, 0.1) is 5.92 Å². The average molecular weight is 273 g/mol. The Morgan fingerprint density at radius 3 is 2.95 bits per heavy atom. The van der Waals surface area contributed by atoms with Crippen molar-refractivity contribution in [1.29, 1.82) is 0 Å². The van der Waals surface area contributed by atoms with Crippen molar-refractivity contribution in [2.45, 2.75) is 25.8 Å². The Bertz CT molecular complexity index is 544. The molecular weight excluding hydrogens is 254 g/mol. The Morgan fingerprint density at radius 2 is 2.15 bits per heavy atom. The van der Waals surface area contributed by atoms with Crippen LogP contribution in [0.5, 0.6) is 0 Å². The third-order valence-corrected chi connectivity index (χ3v) is 4.07. The highest BCUT2D eigenvalue weighted by atomic mass is 16.2. The van der Waals surface area contributed by atoms with Gasteiger partial charge in [0.05, 0.1) is 17.4 Å². The summed E-state index contributed by atoms with van der Waals surface area (Å²) in [7, 11) is 0. The van der Waals surface area contributed by atoms with E-state index in [0.29, 0.717) is 11.6 Å². The van der Waals surface area contributed by atoms with Gasteiger partial charge >= 0.3 is 0 Å². The van der Waals surface area contributed by atoms with Crippen LogP contribution in [-0.4, -0.2) is 30.9 Å². The van der Waals surface area contributed by atoms with Gasteiger partial charge in [-0.3, -0.25) is 14.5 Å². The standard InChI is InChI=1S/C15H19N3O2/c1-10-5-4-8-16-14(10)15(20)18-9-13(19)17-11-6-2-3-7-12(11)18/h2-3,6-7,10,14,16H,4-5,8-9H2,1H3,(H,17,19). The summed E-state index contributed by atoms with van der Waals surface area (Å²) in [6, 6.07) is 7.25. The van der Waals surface area contributed by atoms with Crippen molar-refractivity contribution in [2.24, 2.45) is 5.92 Å². The largest absolute Gasteiger partial charge is 0.323 e. The first-order valence-corrected chi connectivity index (χ1v) is 7.10. The topological polar surface area (TPSA) is 61.4 Å². The lowest BCUT2D eigenvalue weighted by molar-refractivity contribution is -0.124. The number of rotatable bonds is 1. The lowest BCUT2D eigenvalue weighted by atomic mass is 9.91. The van der Waals surface area contributed by atoms with E-state index in [9.17, 15) is 9.59 Å². The molecule has 106 valence electrons. The summed E-state index contributed by atoms with van der Waals surface area (Å²) >= 11 is 0. The van der Waals surface area contributed by atoms with Crippen molar-refractivity contribution in [3.63, 3.8) is 0 Å². The lowest BCUT2D eigenvalue weighted by Crippen LogP contribution is -2.55. The van der Waals surface area contributed by atoms with Gasteiger partial charge < -0.3 is 10.6 Å². The summed E-state index contributed by atoms with van der Waals surface area (Å²) in [5.74, 6) is 0.161. The van der Waals surface area contributed by atoms with E-state index >= 15 is 0 Å². The minimum Gasteiger partial charge on any atom is -0.323 e. The molecule has 5 nitrogen and oxygen atoms in total. The number of carbonyl (C=O) groups is 2. The Balaban J connectivity index is 1.89. The van der Waals surface area contributed by atoms with E-state index in [1.165, 1.54) is 0 Å². The molecule has 0 aromatic heterocycles. The monoisotopic (exact) mass is 273 g/mol. The molecule has 0 aliphatic carbocycles. The van der Waals surface area contributed by atoms with E-state index in [4.69, 9.17) is 0 Å². The molecule has 5 heteroatoms. The number of fused-ring (bicyclic) bond motifs is 1. The number of hydrogen-bond acceptors (Lipinski definition) is 3. The second-order valence-electron chi connectivity index (χ2n) is 5.54. The molecule has 2 N–H and O–H groups in total. The summed E-state index contributed by atoms with van der Waals surface area (Å²) < 4.78 is 0. The number of benzene rings is 1. The third-order valence-electron chi connectivity index (χ3n) is 4.07. The van der Waals surface area contributed by atoms with Gasteiger partial charge in [0, 0.05) is 0 Å². The molecule has 0 bridgehead atoms. The number of carbonyl (C=O) groups excluding carboxylic acids is 2. The minimum absolute atomic E-state index is 0.000463. The molecule has 1 aromatic carbocycles. The number of para-hydroxylation sites is 2. The van der Waals surface area contributed by atoms with Gasteiger partial charge in [0.2, 0.25) is 11.8 Å². The van der Waals surface area contributed by atoms with Crippen molar-refractivity contribution >= 4 is 23.2 Å². The van der Waals surface area contributed by atoms with Crippen LogP contribution in [0.4, 0.5) is 11.4 Å². The van der Waals surface area contributed by atoms with Gasteiger partial charge in [0.1, 0.15) is 6.54 Å². The summed E-state index contributed by atoms with van der Waals surface area (Å²) in [6.45, 7) is 3.05. The second-order valence-corrected chi connectivity index (χ2v) is 5.54. The zero-order chi connectivity index (χ0) is 14.1. The van der Waals surface area contributed by atoms with Gasteiger partial charge in [-0.15, -0.1) is 0 Å². The predicted molar refractivity (Wildman–Crippen MR) is 77.6 cm³/mol. The Morgan fingerprint density at radius 1 is 1.35 bits per heavy atom. The Hall–Kier alpha value is -1.88. The summed E-state index contributed by atoms with van der Waals surface area (Å²) in [6.07, 6.45) is 2.15. The van der Waals surface area contributed by atoms with Crippen LogP contribution in [0.1, 0.15) is 19.8 Å². The van der Waals surface area contributed by atoms with Gasteiger partial charge in [0.25, 0.3) is 0 Å². The molecule has 1 fully saturated rings. The fourth-order valence-electron chi connectivity index (χ4n) is 2.98. The first-order valence-electron chi connectivity index (χ1n) is 7.10. The number of hydrogen-bond donors (Lipinski definition) is 2. The van der Waals surface area contributed by atoms with Crippen LogP contribution >= 0.6 is 0 Å². The van der Waals surface area contributed by atoms with E-state index in [1.54, 1.807) is 4.90 Å². The van der Waals surface area contributed by atoms with Crippen LogP contribution in [0.15, 0.2) is 24.3 Å². The van der Waals surface area contributed by atoms with E-state index < -0.39 is 0 Å². The molecule has 2 aliphatic heterocycles. The second kappa shape index (κ2) is 5.25. The number of nitrogens with zero attached hydrogens (tertiary/aromatic N) is 1. The average Bonchev–Trinajstić information content (AvgIpc) is 2.46. The normalized spacial score (nSPS) is 25.9. The quantitative estimate of drug-likeness (QED) is 0.812. The molecule has 2 atom stereocenters. The number of nitrogens with one attached hydrogen (secondary N) is 2. The van der Waals surface area contributed by atoms with E-state index in [0.717, 1.165) is 25.1 Å². The van der Waals surface area contributed by atoms with Crippen LogP contribution in [0.2, 0.25) is 0 Å². The molecule has 1 saturated heterocycles. The highest BCUT2D eigenvalue weighted by molar-refractivity contribution is 6.11. The molecule has 0 saturated carbocycles. The molecule has 2 heterocycles. The Labute approximate surface area is 118 Å². The number of anilines is 2. The van der Waals surface area contributed by atoms with Gasteiger partial charge in [0.15, 0.2) is 0 Å². The molecule has 1 aromatic rings. The third kappa shape index (κ3) is 2.29. The van der Waals surface area contributed by atoms with E-state index in [1.807, 2.05) is 24.3 Å².